The summed E-state index contributed by atoms with van der Waals surface area (Å²) < 4.78 is 7.21. The number of amides is 1. The molecule has 1 amide bonds. The van der Waals surface area contributed by atoms with Crippen molar-refractivity contribution in [3.8, 4) is 6.07 Å². The number of hydrogen-bond donors (Lipinski definition) is 0. The molecule has 114 valence electrons. The van der Waals surface area contributed by atoms with Gasteiger partial charge in [0.05, 0.1) is 17.5 Å². The fraction of sp³-hybridized carbons (Fsp3) is 0.667. The van der Waals surface area contributed by atoms with Crippen LogP contribution in [0.15, 0.2) is 18.5 Å². The monoisotopic (exact) mass is 290 g/mol. The van der Waals surface area contributed by atoms with Crippen LogP contribution in [0.3, 0.4) is 0 Å². The van der Waals surface area contributed by atoms with Crippen LogP contribution in [-0.4, -0.2) is 40.5 Å². The lowest BCUT2D eigenvalue weighted by atomic mass is 9.88. The van der Waals surface area contributed by atoms with Crippen LogP contribution in [0.25, 0.3) is 0 Å². The van der Waals surface area contributed by atoms with Gasteiger partial charge in [0.1, 0.15) is 6.61 Å². The molecule has 0 N–H and O–H groups in total. The fourth-order valence-corrected chi connectivity index (χ4v) is 2.53. The second kappa shape index (κ2) is 6.17. The normalized spacial score (nSPS) is 22.7. The average Bonchev–Trinajstić information content (AvgIpc) is 2.99. The maximum Gasteiger partial charge on any atom is 0.409 e. The number of ether oxygens (including phenoxy) is 1. The van der Waals surface area contributed by atoms with Crippen molar-refractivity contribution in [1.29, 1.82) is 5.26 Å². The predicted molar refractivity (Wildman–Crippen MR) is 77.4 cm³/mol. The molecule has 6 heteroatoms. The van der Waals surface area contributed by atoms with Crippen LogP contribution < -0.4 is 0 Å². The molecule has 2 unspecified atom stereocenters. The maximum absolute atomic E-state index is 12.1. The summed E-state index contributed by atoms with van der Waals surface area (Å²) in [5, 5.41) is 13.2. The van der Waals surface area contributed by atoms with Gasteiger partial charge < -0.3 is 9.64 Å². The van der Waals surface area contributed by atoms with Crippen molar-refractivity contribution < 1.29 is 9.53 Å². The van der Waals surface area contributed by atoms with Gasteiger partial charge >= 0.3 is 6.09 Å². The van der Waals surface area contributed by atoms with Gasteiger partial charge in [0, 0.05) is 25.5 Å². The smallest absolute Gasteiger partial charge is 0.409 e. The second-order valence-corrected chi connectivity index (χ2v) is 6.27. The molecular formula is C15H22N4O2. The Balaban J connectivity index is 1.87. The summed E-state index contributed by atoms with van der Waals surface area (Å²) in [6.45, 7) is 7.37. The average molecular weight is 290 g/mol. The van der Waals surface area contributed by atoms with Crippen LogP contribution in [0, 0.1) is 23.2 Å². The highest BCUT2D eigenvalue weighted by Crippen LogP contribution is 2.23. The van der Waals surface area contributed by atoms with Crippen molar-refractivity contribution >= 4 is 6.09 Å². The van der Waals surface area contributed by atoms with E-state index in [4.69, 9.17) is 10.00 Å². The van der Waals surface area contributed by atoms with Crippen molar-refractivity contribution in [3.05, 3.63) is 18.5 Å². The summed E-state index contributed by atoms with van der Waals surface area (Å²) in [5.74, 6) is 0.227. The first-order chi connectivity index (χ1) is 9.94. The first-order valence-electron chi connectivity index (χ1n) is 7.25. The third kappa shape index (κ3) is 3.54. The summed E-state index contributed by atoms with van der Waals surface area (Å²) in [5.41, 5.74) is -0.379. The van der Waals surface area contributed by atoms with Gasteiger partial charge in [-0.15, -0.1) is 0 Å². The fourth-order valence-electron chi connectivity index (χ4n) is 2.53. The van der Waals surface area contributed by atoms with Gasteiger partial charge in [-0.1, -0.05) is 6.92 Å². The summed E-state index contributed by atoms with van der Waals surface area (Å²) in [6.07, 6.45) is 3.97. The molecule has 2 heterocycles. The molecule has 0 bridgehead atoms. The molecule has 21 heavy (non-hydrogen) atoms. The summed E-state index contributed by atoms with van der Waals surface area (Å²) >= 11 is 0. The zero-order valence-corrected chi connectivity index (χ0v) is 12.8. The van der Waals surface area contributed by atoms with E-state index in [1.165, 1.54) is 0 Å². The minimum atomic E-state index is -0.379. The first kappa shape index (κ1) is 15.4. The number of carbonyl (C=O) groups excluding carboxylic acids is 1. The Labute approximate surface area is 125 Å². The second-order valence-electron chi connectivity index (χ2n) is 6.27. The number of likely N-dealkylation sites (tertiary alicyclic amines) is 1. The zero-order valence-electron chi connectivity index (χ0n) is 12.8. The quantitative estimate of drug-likeness (QED) is 0.856. The standard InChI is InChI=1S/C15H22N4O2/c1-12-10-18(8-5-13(12)9-16)14(20)21-11-15(2,3)19-7-4-6-17-19/h4,6-7,12-13H,5,8,10-11H2,1-3H3. The number of nitriles is 1. The minimum absolute atomic E-state index is 0.0366. The molecule has 1 aliphatic heterocycles. The van der Waals surface area contributed by atoms with Gasteiger partial charge in [0.2, 0.25) is 0 Å². The number of rotatable bonds is 3. The largest absolute Gasteiger partial charge is 0.447 e. The molecule has 0 radical (unpaired) electrons. The molecule has 1 saturated heterocycles. The molecular weight excluding hydrogens is 268 g/mol. The Morgan fingerprint density at radius 3 is 2.90 bits per heavy atom. The van der Waals surface area contributed by atoms with E-state index in [-0.39, 0.29) is 30.1 Å². The Bertz CT molecular complexity index is 518. The topological polar surface area (TPSA) is 71.2 Å². The van der Waals surface area contributed by atoms with Crippen molar-refractivity contribution in [2.75, 3.05) is 19.7 Å². The Morgan fingerprint density at radius 1 is 1.57 bits per heavy atom. The van der Waals surface area contributed by atoms with Gasteiger partial charge in [0.15, 0.2) is 0 Å². The summed E-state index contributed by atoms with van der Waals surface area (Å²) in [7, 11) is 0. The predicted octanol–water partition coefficient (Wildman–Crippen LogP) is 2.24. The number of aromatic nitrogens is 2. The summed E-state index contributed by atoms with van der Waals surface area (Å²) in [6, 6.07) is 4.14. The number of nitrogens with zero attached hydrogens (tertiary/aromatic N) is 4. The van der Waals surface area contributed by atoms with E-state index in [1.807, 2.05) is 33.0 Å². The van der Waals surface area contributed by atoms with Gasteiger partial charge in [0.25, 0.3) is 0 Å². The van der Waals surface area contributed by atoms with Crippen LogP contribution in [-0.2, 0) is 10.3 Å². The highest BCUT2D eigenvalue weighted by Gasteiger charge is 2.30. The third-order valence-corrected chi connectivity index (χ3v) is 4.00. The maximum atomic E-state index is 12.1. The van der Waals surface area contributed by atoms with Crippen LogP contribution in [0.4, 0.5) is 4.79 Å². The molecule has 2 rings (SSSR count). The zero-order chi connectivity index (χ0) is 15.5. The van der Waals surface area contributed by atoms with E-state index in [0.29, 0.717) is 13.1 Å². The molecule has 0 saturated carbocycles. The summed E-state index contributed by atoms with van der Waals surface area (Å²) in [4.78, 5) is 13.8. The van der Waals surface area contributed by atoms with Crippen LogP contribution in [0.1, 0.15) is 27.2 Å². The van der Waals surface area contributed by atoms with Crippen molar-refractivity contribution in [3.63, 3.8) is 0 Å². The Hall–Kier alpha value is -2.03. The number of piperidine rings is 1. The lowest BCUT2D eigenvalue weighted by molar-refractivity contribution is 0.0515. The molecule has 1 aliphatic rings. The molecule has 0 spiro atoms. The van der Waals surface area contributed by atoms with Crippen LogP contribution in [0.5, 0.6) is 0 Å². The van der Waals surface area contributed by atoms with E-state index in [0.717, 1.165) is 6.42 Å². The molecule has 2 atom stereocenters. The first-order valence-corrected chi connectivity index (χ1v) is 7.25. The molecule has 0 aromatic carbocycles. The Kier molecular flexibility index (Phi) is 4.51. The molecule has 0 aliphatic carbocycles. The van der Waals surface area contributed by atoms with Crippen LogP contribution in [0.2, 0.25) is 0 Å². The van der Waals surface area contributed by atoms with E-state index in [9.17, 15) is 4.79 Å². The lowest BCUT2D eigenvalue weighted by Gasteiger charge is -2.34. The van der Waals surface area contributed by atoms with E-state index in [1.54, 1.807) is 15.8 Å². The van der Waals surface area contributed by atoms with Crippen molar-refractivity contribution in [2.24, 2.45) is 11.8 Å². The lowest BCUT2D eigenvalue weighted by Crippen LogP contribution is -2.44. The highest BCUT2D eigenvalue weighted by atomic mass is 16.6. The van der Waals surface area contributed by atoms with Gasteiger partial charge in [-0.25, -0.2) is 4.79 Å². The SMILES string of the molecule is CC1CN(C(=O)OCC(C)(C)n2cccn2)CCC1C#N. The van der Waals surface area contributed by atoms with E-state index >= 15 is 0 Å². The van der Waals surface area contributed by atoms with E-state index in [2.05, 4.69) is 11.2 Å². The van der Waals surface area contributed by atoms with Gasteiger partial charge in [-0.3, -0.25) is 4.68 Å². The molecule has 1 aromatic rings. The highest BCUT2D eigenvalue weighted by molar-refractivity contribution is 5.67. The number of hydrogen-bond acceptors (Lipinski definition) is 4. The molecule has 1 aromatic heterocycles. The molecule has 6 nitrogen and oxygen atoms in total. The van der Waals surface area contributed by atoms with Gasteiger partial charge in [-0.2, -0.15) is 10.4 Å². The van der Waals surface area contributed by atoms with Crippen molar-refractivity contribution in [1.82, 2.24) is 14.7 Å². The van der Waals surface area contributed by atoms with Gasteiger partial charge in [-0.05, 0) is 32.3 Å². The number of carbonyl (C=O) groups is 1. The van der Waals surface area contributed by atoms with Crippen molar-refractivity contribution in [2.45, 2.75) is 32.7 Å². The Morgan fingerprint density at radius 2 is 2.33 bits per heavy atom. The molecule has 1 fully saturated rings. The van der Waals surface area contributed by atoms with E-state index < -0.39 is 0 Å². The minimum Gasteiger partial charge on any atom is -0.447 e. The third-order valence-electron chi connectivity index (χ3n) is 4.00. The van der Waals surface area contributed by atoms with Crippen LogP contribution >= 0.6 is 0 Å².